The summed E-state index contributed by atoms with van der Waals surface area (Å²) in [5.41, 5.74) is 3.75. The normalized spacial score (nSPS) is 32.1. The number of allylic oxidation sites excluding steroid dienone is 3. The molecule has 3 heteroatoms. The van der Waals surface area contributed by atoms with Crippen LogP contribution in [0.4, 0.5) is 4.39 Å². The van der Waals surface area contributed by atoms with E-state index in [4.69, 9.17) is 0 Å². The van der Waals surface area contributed by atoms with Gasteiger partial charge in [-0.05, 0) is 60.6 Å². The number of phenols is 1. The van der Waals surface area contributed by atoms with Crippen LogP contribution in [0.3, 0.4) is 0 Å². The van der Waals surface area contributed by atoms with Crippen molar-refractivity contribution in [2.24, 2.45) is 11.8 Å². The lowest BCUT2D eigenvalue weighted by molar-refractivity contribution is 0.0810. The van der Waals surface area contributed by atoms with Gasteiger partial charge in [0.2, 0.25) is 0 Å². The Kier molecular flexibility index (Phi) is 3.17. The van der Waals surface area contributed by atoms with Gasteiger partial charge in [0, 0.05) is 5.92 Å². The van der Waals surface area contributed by atoms with Crippen molar-refractivity contribution in [3.05, 3.63) is 47.1 Å². The van der Waals surface area contributed by atoms with E-state index in [0.717, 1.165) is 22.3 Å². The van der Waals surface area contributed by atoms with Crippen LogP contribution in [0.15, 0.2) is 30.4 Å². The maximum Gasteiger partial charge on any atom is 0.127 e. The monoisotopic (exact) mass is 274 g/mol. The van der Waals surface area contributed by atoms with Gasteiger partial charge in [-0.15, -0.1) is 0 Å². The van der Waals surface area contributed by atoms with Crippen molar-refractivity contribution in [3.63, 3.8) is 0 Å². The first kappa shape index (κ1) is 13.4. The maximum atomic E-state index is 13.6. The van der Waals surface area contributed by atoms with E-state index in [-0.39, 0.29) is 11.8 Å². The molecule has 0 amide bonds. The summed E-state index contributed by atoms with van der Waals surface area (Å²) in [6, 6.07) is 3.88. The largest absolute Gasteiger partial charge is 0.507 e. The number of aliphatic hydroxyl groups is 1. The second-order valence-electron chi connectivity index (χ2n) is 5.92. The van der Waals surface area contributed by atoms with Gasteiger partial charge < -0.3 is 10.2 Å². The number of fused-ring (bicyclic) bond motifs is 1. The number of phenolic OH excluding ortho intramolecular Hbond substituents is 1. The van der Waals surface area contributed by atoms with Gasteiger partial charge >= 0.3 is 0 Å². The first-order valence-corrected chi connectivity index (χ1v) is 7.00. The molecule has 0 aliphatic heterocycles. The Bertz CT molecular complexity index is 580. The lowest BCUT2D eigenvalue weighted by Gasteiger charge is -2.21. The zero-order valence-corrected chi connectivity index (χ0v) is 11.7. The molecule has 2 aliphatic rings. The Morgan fingerprint density at radius 3 is 2.50 bits per heavy atom. The average Bonchev–Trinajstić information content (AvgIpc) is 2.70. The number of halogens is 1. The lowest BCUT2D eigenvalue weighted by atomic mass is 9.85. The van der Waals surface area contributed by atoms with E-state index in [9.17, 15) is 14.6 Å². The number of aryl methyl sites for hydroxylation is 2. The van der Waals surface area contributed by atoms with Crippen LogP contribution >= 0.6 is 0 Å². The van der Waals surface area contributed by atoms with Crippen molar-refractivity contribution in [2.75, 3.05) is 0 Å². The predicted octanol–water partition coefficient (Wildman–Crippen LogP) is 3.30. The number of aromatic hydroxyl groups is 1. The third-order valence-corrected chi connectivity index (χ3v) is 4.47. The average molecular weight is 274 g/mol. The molecule has 20 heavy (non-hydrogen) atoms. The molecule has 0 spiro atoms. The van der Waals surface area contributed by atoms with E-state index >= 15 is 0 Å². The minimum atomic E-state index is -1.13. The van der Waals surface area contributed by atoms with Crippen LogP contribution in [-0.2, 0) is 0 Å². The first-order chi connectivity index (χ1) is 9.47. The van der Waals surface area contributed by atoms with E-state index in [1.165, 1.54) is 0 Å². The fourth-order valence-corrected chi connectivity index (χ4v) is 3.30. The first-order valence-electron chi connectivity index (χ1n) is 7.00. The van der Waals surface area contributed by atoms with E-state index in [0.29, 0.717) is 12.2 Å². The Labute approximate surface area is 118 Å². The smallest absolute Gasteiger partial charge is 0.127 e. The highest BCUT2D eigenvalue weighted by molar-refractivity contribution is 5.77. The predicted molar refractivity (Wildman–Crippen MR) is 77.2 cm³/mol. The van der Waals surface area contributed by atoms with E-state index in [2.05, 4.69) is 6.08 Å². The molecule has 4 unspecified atom stereocenters. The van der Waals surface area contributed by atoms with E-state index in [1.807, 2.05) is 38.1 Å². The van der Waals surface area contributed by atoms with Gasteiger partial charge in [-0.25, -0.2) is 4.39 Å². The Balaban J connectivity index is 1.95. The molecule has 2 nitrogen and oxygen atoms in total. The summed E-state index contributed by atoms with van der Waals surface area (Å²) in [4.78, 5) is 0. The molecule has 106 valence electrons. The van der Waals surface area contributed by atoms with Crippen LogP contribution in [0.2, 0.25) is 0 Å². The van der Waals surface area contributed by atoms with Crippen LogP contribution in [0.25, 0.3) is 5.57 Å². The molecule has 1 aromatic rings. The van der Waals surface area contributed by atoms with Crippen molar-refractivity contribution in [3.8, 4) is 5.75 Å². The lowest BCUT2D eigenvalue weighted by Crippen LogP contribution is -2.22. The molecular formula is C17H19FO2. The standard InChI is InChI=1S/C17H19FO2/c1-9-5-12(6-10(2)16(9)19)11-3-4-14-13(7-11)8-15(18)17(14)20/h3-7,13-15,17,19-20H,8H2,1-2H3. The summed E-state index contributed by atoms with van der Waals surface area (Å²) < 4.78 is 13.6. The molecule has 1 aromatic carbocycles. The molecule has 4 atom stereocenters. The molecule has 0 radical (unpaired) electrons. The summed E-state index contributed by atoms with van der Waals surface area (Å²) in [5, 5.41) is 19.6. The quantitative estimate of drug-likeness (QED) is 0.825. The van der Waals surface area contributed by atoms with Crippen molar-refractivity contribution < 1.29 is 14.6 Å². The van der Waals surface area contributed by atoms with Crippen LogP contribution in [0.5, 0.6) is 5.75 Å². The zero-order valence-electron chi connectivity index (χ0n) is 11.7. The summed E-state index contributed by atoms with van der Waals surface area (Å²) in [6.07, 6.45) is 4.30. The van der Waals surface area contributed by atoms with Gasteiger partial charge in [0.15, 0.2) is 0 Å². The molecule has 0 aromatic heterocycles. The second-order valence-corrected chi connectivity index (χ2v) is 5.92. The number of hydrogen-bond donors (Lipinski definition) is 2. The molecular weight excluding hydrogens is 255 g/mol. The number of benzene rings is 1. The molecule has 1 fully saturated rings. The van der Waals surface area contributed by atoms with E-state index in [1.54, 1.807) is 0 Å². The Morgan fingerprint density at radius 1 is 1.20 bits per heavy atom. The Hall–Kier alpha value is -1.61. The van der Waals surface area contributed by atoms with Gasteiger partial charge in [0.1, 0.15) is 11.9 Å². The van der Waals surface area contributed by atoms with Crippen LogP contribution in [0.1, 0.15) is 23.1 Å². The highest BCUT2D eigenvalue weighted by Crippen LogP contribution is 2.41. The summed E-state index contributed by atoms with van der Waals surface area (Å²) in [5.74, 6) is 0.287. The van der Waals surface area contributed by atoms with Crippen LogP contribution in [0, 0.1) is 25.7 Å². The third kappa shape index (κ3) is 2.06. The minimum Gasteiger partial charge on any atom is -0.507 e. The van der Waals surface area contributed by atoms with Gasteiger partial charge in [0.25, 0.3) is 0 Å². The fraction of sp³-hybridized carbons (Fsp3) is 0.412. The highest BCUT2D eigenvalue weighted by atomic mass is 19.1. The zero-order chi connectivity index (χ0) is 14.4. The number of aliphatic hydroxyl groups excluding tert-OH is 1. The van der Waals surface area contributed by atoms with Crippen LogP contribution in [-0.4, -0.2) is 22.5 Å². The number of hydrogen-bond acceptors (Lipinski definition) is 2. The maximum absolute atomic E-state index is 13.6. The second kappa shape index (κ2) is 4.74. The Morgan fingerprint density at radius 2 is 1.85 bits per heavy atom. The summed E-state index contributed by atoms with van der Waals surface area (Å²) >= 11 is 0. The molecule has 0 heterocycles. The molecule has 2 aliphatic carbocycles. The van der Waals surface area contributed by atoms with Crippen LogP contribution < -0.4 is 0 Å². The SMILES string of the molecule is Cc1cc(C2=CC3CC(F)C(O)C3C=C2)cc(C)c1O. The number of alkyl halides is 1. The third-order valence-electron chi connectivity index (χ3n) is 4.47. The highest BCUT2D eigenvalue weighted by Gasteiger charge is 2.41. The van der Waals surface area contributed by atoms with Gasteiger partial charge in [-0.2, -0.15) is 0 Å². The molecule has 3 rings (SSSR count). The fourth-order valence-electron chi connectivity index (χ4n) is 3.30. The molecule has 2 N–H and O–H groups in total. The van der Waals surface area contributed by atoms with Crippen molar-refractivity contribution in [1.82, 2.24) is 0 Å². The van der Waals surface area contributed by atoms with Crippen molar-refractivity contribution in [1.29, 1.82) is 0 Å². The van der Waals surface area contributed by atoms with E-state index < -0.39 is 12.3 Å². The van der Waals surface area contributed by atoms with Crippen molar-refractivity contribution >= 4 is 5.57 Å². The topological polar surface area (TPSA) is 40.5 Å². The van der Waals surface area contributed by atoms with Gasteiger partial charge in [0.05, 0.1) is 6.10 Å². The minimum absolute atomic E-state index is 0.0643. The summed E-state index contributed by atoms with van der Waals surface area (Å²) in [7, 11) is 0. The van der Waals surface area contributed by atoms with Crippen molar-refractivity contribution in [2.45, 2.75) is 32.5 Å². The molecule has 0 saturated heterocycles. The van der Waals surface area contributed by atoms with Gasteiger partial charge in [-0.1, -0.05) is 18.2 Å². The van der Waals surface area contributed by atoms with Gasteiger partial charge in [-0.3, -0.25) is 0 Å². The number of rotatable bonds is 1. The summed E-state index contributed by atoms with van der Waals surface area (Å²) in [6.45, 7) is 3.75. The molecule has 0 bridgehead atoms. The molecule has 1 saturated carbocycles.